The van der Waals surface area contributed by atoms with Crippen molar-refractivity contribution in [1.29, 1.82) is 5.41 Å². The van der Waals surface area contributed by atoms with Gasteiger partial charge in [-0.05, 0) is 22.3 Å². The summed E-state index contributed by atoms with van der Waals surface area (Å²) in [6, 6.07) is 14.6. The van der Waals surface area contributed by atoms with Crippen molar-refractivity contribution in [3.63, 3.8) is 0 Å². The first-order valence-electron chi connectivity index (χ1n) is 8.39. The highest BCUT2D eigenvalue weighted by molar-refractivity contribution is 5.82. The fourth-order valence-corrected chi connectivity index (χ4v) is 3.19. The third-order valence-electron chi connectivity index (χ3n) is 4.43. The highest BCUT2D eigenvalue weighted by Crippen LogP contribution is 2.44. The number of carboxylic acid groups (broad SMARTS) is 1. The molecule has 0 saturated heterocycles. The van der Waals surface area contributed by atoms with Gasteiger partial charge in [-0.1, -0.05) is 48.5 Å². The van der Waals surface area contributed by atoms with Crippen LogP contribution < -0.4 is 16.4 Å². The van der Waals surface area contributed by atoms with Crippen LogP contribution in [-0.2, 0) is 9.53 Å². The smallest absolute Gasteiger partial charge is 0.407 e. The number of ether oxygens (including phenoxy) is 1. The molecular weight excluding hydrogens is 348 g/mol. The number of rotatable bonds is 6. The van der Waals surface area contributed by atoms with E-state index in [-0.39, 0.29) is 25.0 Å². The van der Waals surface area contributed by atoms with Gasteiger partial charge < -0.3 is 26.2 Å². The third-order valence-corrected chi connectivity index (χ3v) is 4.43. The molecule has 2 aromatic rings. The molecule has 1 aliphatic rings. The van der Waals surface area contributed by atoms with Crippen LogP contribution in [0.4, 0.5) is 4.79 Å². The topological polar surface area (TPSA) is 138 Å². The Labute approximate surface area is 155 Å². The van der Waals surface area contributed by atoms with Gasteiger partial charge >= 0.3 is 12.1 Å². The van der Waals surface area contributed by atoms with Gasteiger partial charge in [0.05, 0.1) is 0 Å². The summed E-state index contributed by atoms with van der Waals surface area (Å²) in [4.78, 5) is 23.3. The average molecular weight is 368 g/mol. The van der Waals surface area contributed by atoms with Crippen LogP contribution in [0.5, 0.6) is 0 Å². The van der Waals surface area contributed by atoms with Crippen LogP contribution >= 0.6 is 0 Å². The maximum absolute atomic E-state index is 12.1. The summed E-state index contributed by atoms with van der Waals surface area (Å²) in [5.74, 6) is -1.74. The molecule has 27 heavy (non-hydrogen) atoms. The van der Waals surface area contributed by atoms with E-state index in [1.54, 1.807) is 0 Å². The van der Waals surface area contributed by atoms with E-state index in [0.717, 1.165) is 22.3 Å². The first-order valence-corrected chi connectivity index (χ1v) is 8.39. The molecule has 0 spiro atoms. The zero-order chi connectivity index (χ0) is 19.4. The van der Waals surface area contributed by atoms with Crippen molar-refractivity contribution in [2.24, 2.45) is 5.73 Å². The van der Waals surface area contributed by atoms with Crippen LogP contribution in [0, 0.1) is 5.41 Å². The van der Waals surface area contributed by atoms with Gasteiger partial charge in [0.1, 0.15) is 12.6 Å². The zero-order valence-electron chi connectivity index (χ0n) is 14.4. The molecule has 0 unspecified atom stereocenters. The number of amides is 1. The van der Waals surface area contributed by atoms with Crippen molar-refractivity contribution < 1.29 is 19.4 Å². The van der Waals surface area contributed by atoms with Gasteiger partial charge in [-0.3, -0.25) is 5.41 Å². The molecule has 2 aromatic carbocycles. The molecule has 8 heteroatoms. The average Bonchev–Trinajstić information content (AvgIpc) is 2.97. The highest BCUT2D eigenvalue weighted by atomic mass is 16.5. The second-order valence-electron chi connectivity index (χ2n) is 6.16. The predicted molar refractivity (Wildman–Crippen MR) is 99.5 cm³/mol. The van der Waals surface area contributed by atoms with Crippen molar-refractivity contribution >= 4 is 18.0 Å². The van der Waals surface area contributed by atoms with E-state index < -0.39 is 18.1 Å². The number of benzene rings is 2. The normalized spacial score (nSPS) is 13.2. The third kappa shape index (κ3) is 4.00. The summed E-state index contributed by atoms with van der Waals surface area (Å²) >= 11 is 0. The summed E-state index contributed by atoms with van der Waals surface area (Å²) in [7, 11) is 0. The van der Waals surface area contributed by atoms with Gasteiger partial charge in [-0.25, -0.2) is 9.59 Å². The van der Waals surface area contributed by atoms with Crippen molar-refractivity contribution in [3.05, 3.63) is 59.7 Å². The lowest BCUT2D eigenvalue weighted by atomic mass is 9.98. The van der Waals surface area contributed by atoms with E-state index >= 15 is 0 Å². The van der Waals surface area contributed by atoms with E-state index in [1.807, 2.05) is 48.5 Å². The predicted octanol–water partition coefficient (Wildman–Crippen LogP) is 1.46. The lowest BCUT2D eigenvalue weighted by Gasteiger charge is -2.17. The lowest BCUT2D eigenvalue weighted by molar-refractivity contribution is -0.139. The summed E-state index contributed by atoms with van der Waals surface area (Å²) in [6.07, 6.45) is -0.838. The number of carboxylic acids is 1. The number of nitrogens with one attached hydrogen (secondary N) is 3. The molecule has 8 nitrogen and oxygen atoms in total. The Bertz CT molecular complexity index is 838. The number of aliphatic carboxylic acids is 1. The molecule has 0 fully saturated rings. The number of hydrogen-bond acceptors (Lipinski definition) is 4. The van der Waals surface area contributed by atoms with Gasteiger partial charge in [-0.15, -0.1) is 0 Å². The van der Waals surface area contributed by atoms with Gasteiger partial charge in [0, 0.05) is 12.5 Å². The summed E-state index contributed by atoms with van der Waals surface area (Å²) in [6.45, 7) is -0.124. The van der Waals surface area contributed by atoms with Crippen molar-refractivity contribution in [3.8, 4) is 11.1 Å². The van der Waals surface area contributed by atoms with E-state index in [0.29, 0.717) is 0 Å². The van der Waals surface area contributed by atoms with Crippen LogP contribution in [0.1, 0.15) is 17.0 Å². The molecule has 0 aromatic heterocycles. The fraction of sp³-hybridized carbons (Fsp3) is 0.211. The summed E-state index contributed by atoms with van der Waals surface area (Å²) < 4.78 is 5.30. The molecule has 3 rings (SSSR count). The monoisotopic (exact) mass is 368 g/mol. The lowest BCUT2D eigenvalue weighted by Crippen LogP contribution is -2.49. The van der Waals surface area contributed by atoms with Gasteiger partial charge in [0.15, 0.2) is 5.96 Å². The Morgan fingerprint density at radius 3 is 2.19 bits per heavy atom. The Morgan fingerprint density at radius 2 is 1.67 bits per heavy atom. The van der Waals surface area contributed by atoms with Crippen LogP contribution in [-0.4, -0.2) is 42.3 Å². The fourth-order valence-electron chi connectivity index (χ4n) is 3.19. The minimum Gasteiger partial charge on any atom is -0.480 e. The molecule has 0 bridgehead atoms. The van der Waals surface area contributed by atoms with E-state index in [1.165, 1.54) is 0 Å². The van der Waals surface area contributed by atoms with Gasteiger partial charge in [-0.2, -0.15) is 0 Å². The number of guanidine groups is 1. The molecule has 0 heterocycles. The Morgan fingerprint density at radius 1 is 1.11 bits per heavy atom. The molecule has 1 atom stereocenters. The van der Waals surface area contributed by atoms with Crippen molar-refractivity contribution in [2.45, 2.75) is 12.0 Å². The highest BCUT2D eigenvalue weighted by Gasteiger charge is 2.29. The zero-order valence-corrected chi connectivity index (χ0v) is 14.4. The largest absolute Gasteiger partial charge is 0.480 e. The summed E-state index contributed by atoms with van der Waals surface area (Å²) in [5, 5.41) is 20.9. The number of fused-ring (bicyclic) bond motifs is 3. The number of hydrogen-bond donors (Lipinski definition) is 5. The number of carbonyl (C=O) groups excluding carboxylic acids is 1. The SMILES string of the molecule is N=C(N)NC[C@H](NC(=O)OCC1c2ccccc2-c2ccccc21)C(=O)O. The van der Waals surface area contributed by atoms with E-state index in [9.17, 15) is 9.59 Å². The molecule has 6 N–H and O–H groups in total. The minimum atomic E-state index is -1.26. The molecule has 1 aliphatic carbocycles. The molecule has 140 valence electrons. The maximum Gasteiger partial charge on any atom is 0.407 e. The van der Waals surface area contributed by atoms with Crippen LogP contribution in [0.3, 0.4) is 0 Å². The Kier molecular flexibility index (Phi) is 5.25. The first kappa shape index (κ1) is 18.2. The second kappa shape index (κ2) is 7.77. The van der Waals surface area contributed by atoms with Crippen molar-refractivity contribution in [2.75, 3.05) is 13.2 Å². The van der Waals surface area contributed by atoms with Crippen molar-refractivity contribution in [1.82, 2.24) is 10.6 Å². The quantitative estimate of drug-likeness (QED) is 0.387. The van der Waals surface area contributed by atoms with Crippen LogP contribution in [0.15, 0.2) is 48.5 Å². The molecule has 1 amide bonds. The molecular formula is C19H20N4O4. The van der Waals surface area contributed by atoms with Gasteiger partial charge in [0.2, 0.25) is 0 Å². The molecule has 0 aliphatic heterocycles. The van der Waals surface area contributed by atoms with Crippen LogP contribution in [0.25, 0.3) is 11.1 Å². The molecule has 0 saturated carbocycles. The number of nitrogens with two attached hydrogens (primary N) is 1. The maximum atomic E-state index is 12.1. The Balaban J connectivity index is 1.67. The van der Waals surface area contributed by atoms with E-state index in [4.69, 9.17) is 21.0 Å². The minimum absolute atomic E-state index is 0.0896. The van der Waals surface area contributed by atoms with Crippen LogP contribution in [0.2, 0.25) is 0 Å². The summed E-state index contributed by atoms with van der Waals surface area (Å²) in [5.41, 5.74) is 9.49. The second-order valence-corrected chi connectivity index (χ2v) is 6.16. The number of carbonyl (C=O) groups is 2. The first-order chi connectivity index (χ1) is 13.0. The molecule has 0 radical (unpaired) electrons. The Hall–Kier alpha value is -3.55. The van der Waals surface area contributed by atoms with Gasteiger partial charge in [0.25, 0.3) is 0 Å². The standard InChI is InChI=1S/C19H20N4O4/c20-18(21)22-9-16(17(24)25)23-19(26)27-10-15-13-7-3-1-5-11(13)12-6-2-4-8-14(12)15/h1-8,15-16H,9-10H2,(H,23,26)(H,24,25)(H4,20,21,22)/t16-/m0/s1. The van der Waals surface area contributed by atoms with E-state index in [2.05, 4.69) is 10.6 Å². The number of alkyl carbamates (subject to hydrolysis) is 1.